The monoisotopic (exact) mass is 253 g/mol. The molecule has 0 aliphatic heterocycles. The Morgan fingerprint density at radius 1 is 1.44 bits per heavy atom. The molecule has 1 rings (SSSR count). The number of nitrogens with zero attached hydrogens (tertiary/aromatic N) is 1. The van der Waals surface area contributed by atoms with E-state index >= 15 is 0 Å². The Morgan fingerprint density at radius 3 is 2.61 bits per heavy atom. The predicted octanol–water partition coefficient (Wildman–Crippen LogP) is 1.36. The fraction of sp³-hybridized carbons (Fsp3) is 0.462. The lowest BCUT2D eigenvalue weighted by Gasteiger charge is -2.18. The lowest BCUT2D eigenvalue weighted by atomic mass is 10.1. The van der Waals surface area contributed by atoms with E-state index in [0.29, 0.717) is 11.3 Å². The van der Waals surface area contributed by atoms with Crippen LogP contribution in [0.2, 0.25) is 0 Å². The minimum Gasteiger partial charge on any atom is -0.496 e. The third-order valence-electron chi connectivity index (χ3n) is 2.53. The van der Waals surface area contributed by atoms with E-state index in [2.05, 4.69) is 0 Å². The van der Waals surface area contributed by atoms with Crippen molar-refractivity contribution in [3.05, 3.63) is 23.8 Å². The highest BCUT2D eigenvalue weighted by atomic mass is 16.5. The van der Waals surface area contributed by atoms with Crippen LogP contribution in [0, 0.1) is 0 Å². The van der Waals surface area contributed by atoms with Crippen LogP contribution in [0.15, 0.2) is 18.2 Å². The van der Waals surface area contributed by atoms with Crippen LogP contribution in [0.5, 0.6) is 5.75 Å². The van der Waals surface area contributed by atoms with Gasteiger partial charge < -0.3 is 19.5 Å². The molecule has 0 aromatic heterocycles. The minimum absolute atomic E-state index is 0.228. The van der Waals surface area contributed by atoms with Gasteiger partial charge in [-0.3, -0.25) is 0 Å². The smallest absolute Gasteiger partial charge is 0.339 e. The standard InChI is InChI=1S/C13H19NO4/c1-5-18-13(16)12(15)10-8-9(14(2)3)6-7-11(10)17-4/h6-8,12,15H,5H2,1-4H3. The lowest BCUT2D eigenvalue weighted by Crippen LogP contribution is -2.17. The molecule has 0 heterocycles. The molecule has 1 aromatic rings. The van der Waals surface area contributed by atoms with E-state index in [1.165, 1.54) is 7.11 Å². The predicted molar refractivity (Wildman–Crippen MR) is 68.9 cm³/mol. The summed E-state index contributed by atoms with van der Waals surface area (Å²) in [7, 11) is 5.25. The van der Waals surface area contributed by atoms with E-state index in [9.17, 15) is 9.90 Å². The zero-order valence-electron chi connectivity index (χ0n) is 11.1. The summed E-state index contributed by atoms with van der Waals surface area (Å²) in [6.45, 7) is 1.92. The number of esters is 1. The Morgan fingerprint density at radius 2 is 2.11 bits per heavy atom. The van der Waals surface area contributed by atoms with Crippen molar-refractivity contribution >= 4 is 11.7 Å². The van der Waals surface area contributed by atoms with Crippen LogP contribution in [0.4, 0.5) is 5.69 Å². The first kappa shape index (κ1) is 14.3. The Kier molecular flexibility index (Phi) is 4.97. The number of methoxy groups -OCH3 is 1. The normalized spacial score (nSPS) is 11.8. The molecule has 0 spiro atoms. The van der Waals surface area contributed by atoms with Gasteiger partial charge in [0.25, 0.3) is 0 Å². The van der Waals surface area contributed by atoms with Gasteiger partial charge in [-0.2, -0.15) is 0 Å². The summed E-state index contributed by atoms with van der Waals surface area (Å²) in [4.78, 5) is 13.4. The topological polar surface area (TPSA) is 59.0 Å². The Bertz CT molecular complexity index is 417. The number of carbonyl (C=O) groups excluding carboxylic acids is 1. The van der Waals surface area contributed by atoms with E-state index in [1.54, 1.807) is 19.1 Å². The van der Waals surface area contributed by atoms with Crippen LogP contribution in [0.3, 0.4) is 0 Å². The van der Waals surface area contributed by atoms with Crippen molar-refractivity contribution in [2.75, 3.05) is 32.7 Å². The first-order valence-corrected chi connectivity index (χ1v) is 5.71. The number of benzene rings is 1. The van der Waals surface area contributed by atoms with Crippen molar-refractivity contribution in [1.29, 1.82) is 0 Å². The van der Waals surface area contributed by atoms with Crippen molar-refractivity contribution in [1.82, 2.24) is 0 Å². The molecule has 0 bridgehead atoms. The van der Waals surface area contributed by atoms with Crippen LogP contribution < -0.4 is 9.64 Å². The first-order valence-electron chi connectivity index (χ1n) is 5.71. The molecule has 5 nitrogen and oxygen atoms in total. The average Bonchev–Trinajstić information content (AvgIpc) is 2.37. The van der Waals surface area contributed by atoms with E-state index < -0.39 is 12.1 Å². The fourth-order valence-corrected chi connectivity index (χ4v) is 1.56. The van der Waals surface area contributed by atoms with Crippen LogP contribution in [-0.2, 0) is 9.53 Å². The van der Waals surface area contributed by atoms with Crippen molar-refractivity contribution in [3.63, 3.8) is 0 Å². The first-order chi connectivity index (χ1) is 8.51. The minimum atomic E-state index is -1.33. The molecule has 100 valence electrons. The summed E-state index contributed by atoms with van der Waals surface area (Å²) < 4.78 is 9.94. The zero-order valence-corrected chi connectivity index (χ0v) is 11.1. The van der Waals surface area contributed by atoms with E-state index in [0.717, 1.165) is 5.69 Å². The third kappa shape index (κ3) is 3.13. The molecule has 0 saturated carbocycles. The molecular weight excluding hydrogens is 234 g/mol. The average molecular weight is 253 g/mol. The zero-order chi connectivity index (χ0) is 13.7. The second-order valence-corrected chi connectivity index (χ2v) is 3.98. The molecule has 0 fully saturated rings. The van der Waals surface area contributed by atoms with E-state index in [-0.39, 0.29) is 6.61 Å². The number of ether oxygens (including phenoxy) is 2. The number of aliphatic hydroxyl groups excluding tert-OH is 1. The Hall–Kier alpha value is -1.75. The second-order valence-electron chi connectivity index (χ2n) is 3.98. The lowest BCUT2D eigenvalue weighted by molar-refractivity contribution is -0.153. The van der Waals surface area contributed by atoms with Gasteiger partial charge in [0.15, 0.2) is 6.10 Å². The largest absolute Gasteiger partial charge is 0.496 e. The van der Waals surface area contributed by atoms with Gasteiger partial charge in [0.05, 0.1) is 13.7 Å². The number of hydrogen-bond donors (Lipinski definition) is 1. The highest BCUT2D eigenvalue weighted by Crippen LogP contribution is 2.30. The van der Waals surface area contributed by atoms with Crippen LogP contribution in [-0.4, -0.2) is 38.9 Å². The van der Waals surface area contributed by atoms with Gasteiger partial charge >= 0.3 is 5.97 Å². The van der Waals surface area contributed by atoms with Crippen LogP contribution >= 0.6 is 0 Å². The van der Waals surface area contributed by atoms with Crippen LogP contribution in [0.25, 0.3) is 0 Å². The van der Waals surface area contributed by atoms with E-state index in [4.69, 9.17) is 9.47 Å². The van der Waals surface area contributed by atoms with E-state index in [1.807, 2.05) is 25.1 Å². The summed E-state index contributed by atoms with van der Waals surface area (Å²) in [6.07, 6.45) is -1.33. The SMILES string of the molecule is CCOC(=O)C(O)c1cc(N(C)C)ccc1OC. The van der Waals surface area contributed by atoms with Crippen molar-refractivity contribution < 1.29 is 19.4 Å². The molecule has 1 unspecified atom stereocenters. The summed E-state index contributed by atoms with van der Waals surface area (Å²) in [5, 5.41) is 9.97. The molecule has 5 heteroatoms. The maximum Gasteiger partial charge on any atom is 0.339 e. The molecule has 0 radical (unpaired) electrons. The van der Waals surface area contributed by atoms with Gasteiger partial charge in [-0.1, -0.05) is 0 Å². The molecule has 0 aliphatic rings. The maximum atomic E-state index is 11.6. The third-order valence-corrected chi connectivity index (χ3v) is 2.53. The van der Waals surface area contributed by atoms with Crippen LogP contribution in [0.1, 0.15) is 18.6 Å². The second kappa shape index (κ2) is 6.26. The number of hydrogen-bond acceptors (Lipinski definition) is 5. The summed E-state index contributed by atoms with van der Waals surface area (Å²) >= 11 is 0. The number of anilines is 1. The molecule has 0 saturated heterocycles. The molecule has 1 atom stereocenters. The maximum absolute atomic E-state index is 11.6. The summed E-state index contributed by atoms with van der Waals surface area (Å²) in [5.41, 5.74) is 1.27. The van der Waals surface area contributed by atoms with Gasteiger partial charge in [-0.25, -0.2) is 4.79 Å². The quantitative estimate of drug-likeness (QED) is 0.803. The van der Waals surface area contributed by atoms with Gasteiger partial charge in [-0.05, 0) is 25.1 Å². The fourth-order valence-electron chi connectivity index (χ4n) is 1.56. The Labute approximate surface area is 107 Å². The van der Waals surface area contributed by atoms with Gasteiger partial charge in [0, 0.05) is 25.3 Å². The molecule has 18 heavy (non-hydrogen) atoms. The molecule has 0 amide bonds. The number of carbonyl (C=O) groups is 1. The van der Waals surface area contributed by atoms with Crippen molar-refractivity contribution in [3.8, 4) is 5.75 Å². The van der Waals surface area contributed by atoms with Crippen molar-refractivity contribution in [2.45, 2.75) is 13.0 Å². The summed E-state index contributed by atoms with van der Waals surface area (Å²) in [5.74, 6) is -0.215. The molecule has 0 aliphatic carbocycles. The molecule has 1 N–H and O–H groups in total. The molecular formula is C13H19NO4. The van der Waals surface area contributed by atoms with Crippen molar-refractivity contribution in [2.24, 2.45) is 0 Å². The summed E-state index contributed by atoms with van der Waals surface area (Å²) in [6, 6.07) is 5.27. The van der Waals surface area contributed by atoms with Gasteiger partial charge in [-0.15, -0.1) is 0 Å². The van der Waals surface area contributed by atoms with Gasteiger partial charge in [0.2, 0.25) is 0 Å². The Balaban J connectivity index is 3.11. The number of rotatable bonds is 5. The molecule has 1 aromatic carbocycles. The van der Waals surface area contributed by atoms with Gasteiger partial charge in [0.1, 0.15) is 5.75 Å². The number of aliphatic hydroxyl groups is 1. The highest BCUT2D eigenvalue weighted by molar-refractivity contribution is 5.78. The highest BCUT2D eigenvalue weighted by Gasteiger charge is 2.23.